The monoisotopic (exact) mass is 257 g/mol. The molecular weight excluding hydrogens is 238 g/mol. The summed E-state index contributed by atoms with van der Waals surface area (Å²) < 4.78 is 5.54. The van der Waals surface area contributed by atoms with Crippen LogP contribution in [-0.4, -0.2) is 17.3 Å². The molecule has 19 heavy (non-hydrogen) atoms. The highest BCUT2D eigenvalue weighted by molar-refractivity contribution is 5.74. The van der Waals surface area contributed by atoms with E-state index < -0.39 is 0 Å². The van der Waals surface area contributed by atoms with Crippen LogP contribution in [0.25, 0.3) is 11.3 Å². The lowest BCUT2D eigenvalue weighted by Gasteiger charge is -2.15. The van der Waals surface area contributed by atoms with Crippen LogP contribution in [0.4, 0.5) is 5.82 Å². The van der Waals surface area contributed by atoms with Gasteiger partial charge in [0.25, 0.3) is 0 Å². The number of aromatic nitrogens is 2. The number of nitrogen functional groups attached to an aromatic ring is 1. The van der Waals surface area contributed by atoms with Crippen molar-refractivity contribution in [3.05, 3.63) is 34.4 Å². The Bertz CT molecular complexity index is 636. The molecule has 4 nitrogen and oxygen atoms in total. The molecule has 0 saturated carbocycles. The molecule has 2 aromatic rings. The number of nitrogens with two attached hydrogens (primary N) is 1. The van der Waals surface area contributed by atoms with Gasteiger partial charge in [0, 0.05) is 5.56 Å². The van der Waals surface area contributed by atoms with Crippen LogP contribution in [0.2, 0.25) is 0 Å². The second kappa shape index (κ2) is 4.88. The number of rotatable bonds is 2. The van der Waals surface area contributed by atoms with Crippen molar-refractivity contribution < 1.29 is 4.74 Å². The number of hydrogen-bond donors (Lipinski definition) is 1. The molecule has 1 aromatic heterocycles. The average molecular weight is 257 g/mol. The molecule has 0 spiro atoms. The summed E-state index contributed by atoms with van der Waals surface area (Å²) in [4.78, 5) is 0. The maximum Gasteiger partial charge on any atom is 0.149 e. The van der Waals surface area contributed by atoms with Crippen molar-refractivity contribution in [1.82, 2.24) is 10.2 Å². The lowest BCUT2D eigenvalue weighted by molar-refractivity contribution is 0.412. The van der Waals surface area contributed by atoms with Gasteiger partial charge in [0.05, 0.1) is 12.8 Å². The molecule has 2 N–H and O–H groups in total. The number of benzene rings is 1. The van der Waals surface area contributed by atoms with E-state index in [1.165, 1.54) is 5.56 Å². The summed E-state index contributed by atoms with van der Waals surface area (Å²) in [5.74, 6) is 1.32. The average Bonchev–Trinajstić information content (AvgIpc) is 2.40. The Morgan fingerprint density at radius 2 is 1.63 bits per heavy atom. The van der Waals surface area contributed by atoms with Crippen molar-refractivity contribution in [3.63, 3.8) is 0 Å². The smallest absolute Gasteiger partial charge is 0.149 e. The summed E-state index contributed by atoms with van der Waals surface area (Å²) in [5.41, 5.74) is 11.9. The zero-order valence-electron chi connectivity index (χ0n) is 12.0. The number of aryl methyl sites for hydroxylation is 1. The largest absolute Gasteiger partial charge is 0.496 e. The highest BCUT2D eigenvalue weighted by Gasteiger charge is 2.16. The van der Waals surface area contributed by atoms with E-state index in [1.807, 2.05) is 26.8 Å². The number of anilines is 1. The topological polar surface area (TPSA) is 61.0 Å². The van der Waals surface area contributed by atoms with Gasteiger partial charge < -0.3 is 10.5 Å². The molecule has 0 amide bonds. The van der Waals surface area contributed by atoms with Crippen LogP contribution in [0.1, 0.15) is 22.3 Å². The first-order chi connectivity index (χ1) is 8.97. The summed E-state index contributed by atoms with van der Waals surface area (Å²) in [6.07, 6.45) is 0. The van der Waals surface area contributed by atoms with Crippen molar-refractivity contribution >= 4 is 5.82 Å². The van der Waals surface area contributed by atoms with Crippen LogP contribution in [-0.2, 0) is 0 Å². The first kappa shape index (κ1) is 13.3. The summed E-state index contributed by atoms with van der Waals surface area (Å²) in [6, 6.07) is 4.09. The quantitative estimate of drug-likeness (QED) is 0.898. The van der Waals surface area contributed by atoms with Crippen molar-refractivity contribution in [2.45, 2.75) is 27.7 Å². The fraction of sp³-hybridized carbons (Fsp3) is 0.333. The first-order valence-electron chi connectivity index (χ1n) is 6.21. The molecule has 0 saturated heterocycles. The van der Waals surface area contributed by atoms with Crippen LogP contribution in [0.3, 0.4) is 0 Å². The molecule has 1 aromatic carbocycles. The molecule has 0 aliphatic heterocycles. The summed E-state index contributed by atoms with van der Waals surface area (Å²) in [7, 11) is 1.68. The standard InChI is InChI=1S/C15H19N3O/c1-8-6-7-12(14(19-5)9(8)2)13-10(3)11(4)15(16)18-17-13/h6-7H,1-5H3,(H2,16,18). The highest BCUT2D eigenvalue weighted by Crippen LogP contribution is 2.35. The first-order valence-corrected chi connectivity index (χ1v) is 6.21. The molecule has 0 aliphatic carbocycles. The fourth-order valence-electron chi connectivity index (χ4n) is 2.12. The lowest BCUT2D eigenvalue weighted by atomic mass is 9.98. The van der Waals surface area contributed by atoms with Crippen LogP contribution in [0.15, 0.2) is 12.1 Å². The molecule has 0 atom stereocenters. The Kier molecular flexibility index (Phi) is 3.42. The SMILES string of the molecule is COc1c(-c2nnc(N)c(C)c2C)ccc(C)c1C. The molecule has 100 valence electrons. The Balaban J connectivity index is 2.73. The van der Waals surface area contributed by atoms with Crippen molar-refractivity contribution in [3.8, 4) is 17.0 Å². The molecular formula is C15H19N3O. The third-order valence-electron chi connectivity index (χ3n) is 3.70. The minimum Gasteiger partial charge on any atom is -0.496 e. The van der Waals surface area contributed by atoms with Crippen LogP contribution < -0.4 is 10.5 Å². The van der Waals surface area contributed by atoms with E-state index >= 15 is 0 Å². The van der Waals surface area contributed by atoms with Gasteiger partial charge in [-0.1, -0.05) is 6.07 Å². The normalized spacial score (nSPS) is 10.6. The molecule has 0 bridgehead atoms. The molecule has 0 radical (unpaired) electrons. The van der Waals surface area contributed by atoms with Gasteiger partial charge in [-0.15, -0.1) is 10.2 Å². The number of ether oxygens (including phenoxy) is 1. The third kappa shape index (κ3) is 2.14. The van der Waals surface area contributed by atoms with Crippen LogP contribution >= 0.6 is 0 Å². The molecule has 2 rings (SSSR count). The predicted molar refractivity (Wildman–Crippen MR) is 77.4 cm³/mol. The minimum absolute atomic E-state index is 0.476. The van der Waals surface area contributed by atoms with E-state index in [4.69, 9.17) is 10.5 Å². The maximum absolute atomic E-state index is 5.79. The molecule has 1 heterocycles. The Morgan fingerprint density at radius 3 is 2.26 bits per heavy atom. The number of methoxy groups -OCH3 is 1. The van der Waals surface area contributed by atoms with E-state index in [9.17, 15) is 0 Å². The van der Waals surface area contributed by atoms with Gasteiger partial charge in [-0.2, -0.15) is 0 Å². The highest BCUT2D eigenvalue weighted by atomic mass is 16.5. The van der Waals surface area contributed by atoms with E-state index in [0.29, 0.717) is 5.82 Å². The zero-order chi connectivity index (χ0) is 14.2. The number of nitrogens with zero attached hydrogens (tertiary/aromatic N) is 2. The molecule has 4 heteroatoms. The summed E-state index contributed by atoms with van der Waals surface area (Å²) in [6.45, 7) is 8.07. The van der Waals surface area contributed by atoms with Crippen molar-refractivity contribution in [2.24, 2.45) is 0 Å². The van der Waals surface area contributed by atoms with Crippen molar-refractivity contribution in [1.29, 1.82) is 0 Å². The molecule has 0 fully saturated rings. The van der Waals surface area contributed by atoms with Crippen LogP contribution in [0, 0.1) is 27.7 Å². The van der Waals surface area contributed by atoms with E-state index in [-0.39, 0.29) is 0 Å². The van der Waals surface area contributed by atoms with Gasteiger partial charge in [-0.25, -0.2) is 0 Å². The summed E-state index contributed by atoms with van der Waals surface area (Å²) >= 11 is 0. The molecule has 0 unspecified atom stereocenters. The van der Waals surface area contributed by atoms with Gasteiger partial charge >= 0.3 is 0 Å². The fourth-order valence-corrected chi connectivity index (χ4v) is 2.12. The van der Waals surface area contributed by atoms with E-state index in [2.05, 4.69) is 23.2 Å². The van der Waals surface area contributed by atoms with Gasteiger partial charge in [0.15, 0.2) is 0 Å². The number of hydrogen-bond acceptors (Lipinski definition) is 4. The Hall–Kier alpha value is -2.10. The van der Waals surface area contributed by atoms with E-state index in [0.717, 1.165) is 33.7 Å². The molecule has 0 aliphatic rings. The van der Waals surface area contributed by atoms with E-state index in [1.54, 1.807) is 7.11 Å². The predicted octanol–water partition coefficient (Wildman–Crippen LogP) is 2.97. The Labute approximate surface area is 113 Å². The van der Waals surface area contributed by atoms with Crippen molar-refractivity contribution in [2.75, 3.05) is 12.8 Å². The maximum atomic E-state index is 5.79. The minimum atomic E-state index is 0.476. The van der Waals surface area contributed by atoms with Gasteiger partial charge in [-0.05, 0) is 56.0 Å². The Morgan fingerprint density at radius 1 is 0.947 bits per heavy atom. The third-order valence-corrected chi connectivity index (χ3v) is 3.70. The van der Waals surface area contributed by atoms with Gasteiger partial charge in [0.1, 0.15) is 11.6 Å². The second-order valence-corrected chi connectivity index (χ2v) is 4.77. The second-order valence-electron chi connectivity index (χ2n) is 4.77. The van der Waals surface area contributed by atoms with Crippen LogP contribution in [0.5, 0.6) is 5.75 Å². The lowest BCUT2D eigenvalue weighted by Crippen LogP contribution is -2.03. The van der Waals surface area contributed by atoms with Gasteiger partial charge in [0.2, 0.25) is 0 Å². The zero-order valence-corrected chi connectivity index (χ0v) is 12.0. The summed E-state index contributed by atoms with van der Waals surface area (Å²) in [5, 5.41) is 8.25. The van der Waals surface area contributed by atoms with Gasteiger partial charge in [-0.3, -0.25) is 0 Å².